The zero-order valence-corrected chi connectivity index (χ0v) is 11.7. The molecule has 1 heterocycles. The number of pyridine rings is 1. The Hall–Kier alpha value is -2.07. The van der Waals surface area contributed by atoms with Crippen molar-refractivity contribution in [1.82, 2.24) is 4.98 Å². The van der Waals surface area contributed by atoms with Crippen LogP contribution in [0.1, 0.15) is 24.5 Å². The van der Waals surface area contributed by atoms with Crippen molar-refractivity contribution in [3.05, 3.63) is 53.7 Å². The highest BCUT2D eigenvalue weighted by molar-refractivity contribution is 5.35. The molecule has 0 radical (unpaired) electrons. The molecule has 0 aliphatic carbocycles. The summed E-state index contributed by atoms with van der Waals surface area (Å²) in [6.07, 6.45) is 2.90. The molecule has 0 saturated heterocycles. The van der Waals surface area contributed by atoms with Crippen LogP contribution in [0.15, 0.2) is 42.6 Å². The van der Waals surface area contributed by atoms with E-state index in [-0.39, 0.29) is 6.61 Å². The van der Waals surface area contributed by atoms with E-state index in [4.69, 9.17) is 9.84 Å². The van der Waals surface area contributed by atoms with Crippen LogP contribution in [0.4, 0.5) is 5.82 Å². The van der Waals surface area contributed by atoms with E-state index in [1.807, 2.05) is 42.6 Å². The average Bonchev–Trinajstić information content (AvgIpc) is 2.52. The molecule has 0 spiro atoms. The highest BCUT2D eigenvalue weighted by Crippen LogP contribution is 2.14. The second-order valence-corrected chi connectivity index (χ2v) is 4.57. The third-order valence-electron chi connectivity index (χ3n) is 2.89. The Morgan fingerprint density at radius 2 is 1.85 bits per heavy atom. The lowest BCUT2D eigenvalue weighted by atomic mass is 10.2. The molecule has 1 aromatic carbocycles. The van der Waals surface area contributed by atoms with Crippen LogP contribution in [0.2, 0.25) is 0 Å². The lowest BCUT2D eigenvalue weighted by Gasteiger charge is -2.08. The second-order valence-electron chi connectivity index (χ2n) is 4.57. The van der Waals surface area contributed by atoms with E-state index in [1.54, 1.807) is 0 Å². The molecule has 0 unspecified atom stereocenters. The molecule has 0 atom stereocenters. The van der Waals surface area contributed by atoms with Gasteiger partial charge in [0.25, 0.3) is 0 Å². The van der Waals surface area contributed by atoms with Gasteiger partial charge in [-0.3, -0.25) is 0 Å². The van der Waals surface area contributed by atoms with Crippen LogP contribution in [0.5, 0.6) is 5.75 Å². The number of hydrogen-bond donors (Lipinski definition) is 2. The summed E-state index contributed by atoms with van der Waals surface area (Å²) in [5, 5.41) is 12.2. The zero-order chi connectivity index (χ0) is 14.2. The number of nitrogens with one attached hydrogen (secondary N) is 1. The summed E-state index contributed by atoms with van der Waals surface area (Å²) in [5.41, 5.74) is 1.91. The van der Waals surface area contributed by atoms with Gasteiger partial charge in [0.2, 0.25) is 0 Å². The lowest BCUT2D eigenvalue weighted by molar-refractivity contribution is 0.280. The van der Waals surface area contributed by atoms with Crippen molar-refractivity contribution in [1.29, 1.82) is 0 Å². The Kier molecular flexibility index (Phi) is 5.38. The van der Waals surface area contributed by atoms with Crippen molar-refractivity contribution < 1.29 is 9.84 Å². The van der Waals surface area contributed by atoms with Crippen molar-refractivity contribution in [2.75, 3.05) is 11.9 Å². The van der Waals surface area contributed by atoms with E-state index in [2.05, 4.69) is 17.2 Å². The summed E-state index contributed by atoms with van der Waals surface area (Å²) >= 11 is 0. The molecule has 0 saturated carbocycles. The number of anilines is 1. The molecule has 4 heteroatoms. The van der Waals surface area contributed by atoms with Crippen LogP contribution >= 0.6 is 0 Å². The van der Waals surface area contributed by atoms with E-state index < -0.39 is 0 Å². The van der Waals surface area contributed by atoms with Gasteiger partial charge in [-0.2, -0.15) is 0 Å². The predicted octanol–water partition coefficient (Wildman–Crippen LogP) is 2.97. The van der Waals surface area contributed by atoms with Crippen molar-refractivity contribution in [3.8, 4) is 5.75 Å². The van der Waals surface area contributed by atoms with Crippen molar-refractivity contribution in [2.45, 2.75) is 26.6 Å². The SMILES string of the molecule is CCCNc1ccc(COc2ccc(CO)cc2)cn1. The topological polar surface area (TPSA) is 54.4 Å². The van der Waals surface area contributed by atoms with Gasteiger partial charge in [0, 0.05) is 18.3 Å². The van der Waals surface area contributed by atoms with Gasteiger partial charge in [-0.05, 0) is 30.2 Å². The quantitative estimate of drug-likeness (QED) is 0.813. The summed E-state index contributed by atoms with van der Waals surface area (Å²) in [5.74, 6) is 1.68. The van der Waals surface area contributed by atoms with Crippen molar-refractivity contribution >= 4 is 5.82 Å². The first-order valence-corrected chi connectivity index (χ1v) is 6.83. The fourth-order valence-electron chi connectivity index (χ4n) is 1.73. The van der Waals surface area contributed by atoms with Gasteiger partial charge in [0.15, 0.2) is 0 Å². The van der Waals surface area contributed by atoms with E-state index in [0.29, 0.717) is 6.61 Å². The molecule has 20 heavy (non-hydrogen) atoms. The first-order chi connectivity index (χ1) is 9.81. The molecular weight excluding hydrogens is 252 g/mol. The Morgan fingerprint density at radius 3 is 2.45 bits per heavy atom. The predicted molar refractivity (Wildman–Crippen MR) is 79.7 cm³/mol. The molecule has 0 aliphatic heterocycles. The molecule has 1 aromatic heterocycles. The third-order valence-corrected chi connectivity index (χ3v) is 2.89. The fourth-order valence-corrected chi connectivity index (χ4v) is 1.73. The highest BCUT2D eigenvalue weighted by atomic mass is 16.5. The number of rotatable bonds is 7. The summed E-state index contributed by atoms with van der Waals surface area (Å²) < 4.78 is 5.67. The van der Waals surface area contributed by atoms with E-state index in [9.17, 15) is 0 Å². The minimum atomic E-state index is 0.0520. The van der Waals surface area contributed by atoms with Crippen LogP contribution in [-0.4, -0.2) is 16.6 Å². The molecule has 0 bridgehead atoms. The van der Waals surface area contributed by atoms with Crippen LogP contribution in [0.3, 0.4) is 0 Å². The summed E-state index contributed by atoms with van der Waals surface area (Å²) in [4.78, 5) is 4.33. The maximum absolute atomic E-state index is 8.97. The first-order valence-electron chi connectivity index (χ1n) is 6.83. The molecule has 0 fully saturated rings. The number of hydrogen-bond acceptors (Lipinski definition) is 4. The Bertz CT molecular complexity index is 509. The second kappa shape index (κ2) is 7.50. The van der Waals surface area contributed by atoms with Gasteiger partial charge in [-0.1, -0.05) is 25.1 Å². The number of ether oxygens (including phenoxy) is 1. The molecule has 2 aromatic rings. The normalized spacial score (nSPS) is 10.3. The zero-order valence-electron chi connectivity index (χ0n) is 11.7. The summed E-state index contributed by atoms with van der Waals surface area (Å²) in [6, 6.07) is 11.4. The molecular formula is C16H20N2O2. The molecule has 4 nitrogen and oxygen atoms in total. The van der Waals surface area contributed by atoms with Crippen molar-refractivity contribution in [3.63, 3.8) is 0 Å². The van der Waals surface area contributed by atoms with Gasteiger partial charge < -0.3 is 15.2 Å². The number of benzene rings is 1. The number of aliphatic hydroxyl groups excluding tert-OH is 1. The number of aromatic nitrogens is 1. The minimum absolute atomic E-state index is 0.0520. The standard InChI is InChI=1S/C16H20N2O2/c1-2-9-17-16-8-5-14(10-18-16)12-20-15-6-3-13(11-19)4-7-15/h3-8,10,19H,2,9,11-12H2,1H3,(H,17,18). The number of nitrogens with zero attached hydrogens (tertiary/aromatic N) is 1. The molecule has 0 aliphatic rings. The van der Waals surface area contributed by atoms with E-state index >= 15 is 0 Å². The summed E-state index contributed by atoms with van der Waals surface area (Å²) in [6.45, 7) is 3.59. The monoisotopic (exact) mass is 272 g/mol. The van der Waals surface area contributed by atoms with E-state index in [1.165, 1.54) is 0 Å². The van der Waals surface area contributed by atoms with Gasteiger partial charge in [0.05, 0.1) is 6.61 Å². The van der Waals surface area contributed by atoms with Gasteiger partial charge in [-0.25, -0.2) is 4.98 Å². The van der Waals surface area contributed by atoms with Crippen LogP contribution in [-0.2, 0) is 13.2 Å². The van der Waals surface area contributed by atoms with Crippen LogP contribution in [0.25, 0.3) is 0 Å². The molecule has 2 N–H and O–H groups in total. The van der Waals surface area contributed by atoms with Crippen molar-refractivity contribution in [2.24, 2.45) is 0 Å². The lowest BCUT2D eigenvalue weighted by Crippen LogP contribution is -2.02. The van der Waals surface area contributed by atoms with E-state index in [0.717, 1.165) is 35.7 Å². The number of aliphatic hydroxyl groups is 1. The molecule has 2 rings (SSSR count). The first kappa shape index (κ1) is 14.3. The largest absolute Gasteiger partial charge is 0.489 e. The maximum atomic E-state index is 8.97. The Morgan fingerprint density at radius 1 is 1.10 bits per heavy atom. The maximum Gasteiger partial charge on any atom is 0.125 e. The highest BCUT2D eigenvalue weighted by Gasteiger charge is 1.98. The van der Waals surface area contributed by atoms with Gasteiger partial charge in [-0.15, -0.1) is 0 Å². The average molecular weight is 272 g/mol. The van der Waals surface area contributed by atoms with Gasteiger partial charge in [0.1, 0.15) is 18.2 Å². The Balaban J connectivity index is 1.86. The van der Waals surface area contributed by atoms with Gasteiger partial charge >= 0.3 is 0 Å². The minimum Gasteiger partial charge on any atom is -0.489 e. The molecule has 106 valence electrons. The molecule has 0 amide bonds. The summed E-state index contributed by atoms with van der Waals surface area (Å²) in [7, 11) is 0. The third kappa shape index (κ3) is 4.24. The van der Waals surface area contributed by atoms with Crippen LogP contribution < -0.4 is 10.1 Å². The smallest absolute Gasteiger partial charge is 0.125 e. The fraction of sp³-hybridized carbons (Fsp3) is 0.312. The Labute approximate surface area is 119 Å². The van der Waals surface area contributed by atoms with Crippen LogP contribution in [0, 0.1) is 0 Å².